The lowest BCUT2D eigenvalue weighted by Gasteiger charge is -2.09. The number of hydrogen-bond donors (Lipinski definition) is 1. The van der Waals surface area contributed by atoms with E-state index in [1.807, 2.05) is 6.92 Å². The number of benzene rings is 1. The number of nitrogens with zero attached hydrogens (tertiary/aromatic N) is 1. The van der Waals surface area contributed by atoms with Gasteiger partial charge in [-0.3, -0.25) is 0 Å². The van der Waals surface area contributed by atoms with Crippen molar-refractivity contribution in [3.63, 3.8) is 0 Å². The first-order valence-corrected chi connectivity index (χ1v) is 7.86. The van der Waals surface area contributed by atoms with E-state index in [0.717, 1.165) is 23.6 Å². The average molecular weight is 286 g/mol. The fraction of sp³-hybridized carbons (Fsp3) is 0.353. The van der Waals surface area contributed by atoms with Crippen LogP contribution in [-0.4, -0.2) is 11.0 Å². The Morgan fingerprint density at radius 2 is 1.85 bits per heavy atom. The van der Waals surface area contributed by atoms with Crippen LogP contribution in [0.25, 0.3) is 0 Å². The van der Waals surface area contributed by atoms with Crippen molar-refractivity contribution in [3.05, 3.63) is 53.2 Å². The van der Waals surface area contributed by atoms with Gasteiger partial charge in [-0.25, -0.2) is 4.98 Å². The fourth-order valence-electron chi connectivity index (χ4n) is 2.12. The van der Waals surface area contributed by atoms with Crippen molar-refractivity contribution in [3.8, 4) is 0 Å². The third-order valence-electron chi connectivity index (χ3n) is 3.24. The molecule has 0 radical (unpaired) electrons. The summed E-state index contributed by atoms with van der Waals surface area (Å²) in [6, 6.07) is 13.1. The minimum absolute atomic E-state index is 0.259. The van der Waals surface area contributed by atoms with Crippen LogP contribution >= 0.6 is 11.8 Å². The lowest BCUT2D eigenvalue weighted by molar-refractivity contribution is 0.646. The minimum Gasteiger partial charge on any atom is -0.327 e. The molecule has 0 aliphatic heterocycles. The molecule has 0 aliphatic rings. The van der Waals surface area contributed by atoms with Gasteiger partial charge in [-0.15, -0.1) is 0 Å². The van der Waals surface area contributed by atoms with E-state index in [9.17, 15) is 0 Å². The van der Waals surface area contributed by atoms with Crippen molar-refractivity contribution in [2.45, 2.75) is 49.6 Å². The summed E-state index contributed by atoms with van der Waals surface area (Å²) < 4.78 is 0. The lowest BCUT2D eigenvalue weighted by atomic mass is 10.1. The molecule has 1 atom stereocenters. The van der Waals surface area contributed by atoms with Crippen molar-refractivity contribution in [1.29, 1.82) is 0 Å². The Balaban J connectivity index is 2.06. The van der Waals surface area contributed by atoms with Gasteiger partial charge in [0, 0.05) is 16.6 Å². The molecular formula is C17H22N2S. The molecule has 1 aromatic heterocycles. The maximum Gasteiger partial charge on any atom is 0.101 e. The van der Waals surface area contributed by atoms with Gasteiger partial charge in [0.1, 0.15) is 5.03 Å². The molecule has 2 N–H and O–H groups in total. The molecule has 0 amide bonds. The molecule has 0 saturated carbocycles. The summed E-state index contributed by atoms with van der Waals surface area (Å²) in [7, 11) is 0. The monoisotopic (exact) mass is 286 g/mol. The van der Waals surface area contributed by atoms with Crippen molar-refractivity contribution >= 4 is 11.8 Å². The van der Waals surface area contributed by atoms with Crippen LogP contribution in [0.2, 0.25) is 0 Å². The summed E-state index contributed by atoms with van der Waals surface area (Å²) in [5.74, 6) is 0. The van der Waals surface area contributed by atoms with Crippen LogP contribution in [0.1, 0.15) is 30.2 Å². The highest BCUT2D eigenvalue weighted by Crippen LogP contribution is 2.27. The summed E-state index contributed by atoms with van der Waals surface area (Å²) in [4.78, 5) is 5.78. The largest absolute Gasteiger partial charge is 0.327 e. The highest BCUT2D eigenvalue weighted by atomic mass is 32.2. The second kappa shape index (κ2) is 6.91. The van der Waals surface area contributed by atoms with Crippen LogP contribution in [0.4, 0.5) is 0 Å². The summed E-state index contributed by atoms with van der Waals surface area (Å²) >= 11 is 1.71. The van der Waals surface area contributed by atoms with Gasteiger partial charge < -0.3 is 5.73 Å². The van der Waals surface area contributed by atoms with E-state index in [-0.39, 0.29) is 6.04 Å². The standard InChI is InChI=1S/C17H22N2S/c1-4-15(18)11-14-5-7-16(8-6-14)20-17-10-12(2)9-13(3)19-17/h5-10,15H,4,11,18H2,1-3H3. The Morgan fingerprint density at radius 1 is 1.15 bits per heavy atom. The van der Waals surface area contributed by atoms with Gasteiger partial charge in [0.2, 0.25) is 0 Å². The zero-order valence-electron chi connectivity index (χ0n) is 12.4. The van der Waals surface area contributed by atoms with Crippen molar-refractivity contribution in [2.75, 3.05) is 0 Å². The molecule has 2 nitrogen and oxygen atoms in total. The van der Waals surface area contributed by atoms with Gasteiger partial charge in [0.15, 0.2) is 0 Å². The molecule has 0 bridgehead atoms. The van der Waals surface area contributed by atoms with E-state index in [1.165, 1.54) is 16.0 Å². The molecule has 1 aromatic carbocycles. The first kappa shape index (κ1) is 15.1. The van der Waals surface area contributed by atoms with Crippen LogP contribution in [0.15, 0.2) is 46.3 Å². The molecule has 2 aromatic rings. The number of pyridine rings is 1. The van der Waals surface area contributed by atoms with Crippen LogP contribution < -0.4 is 5.73 Å². The number of hydrogen-bond acceptors (Lipinski definition) is 3. The third kappa shape index (κ3) is 4.36. The fourth-order valence-corrected chi connectivity index (χ4v) is 3.07. The van der Waals surface area contributed by atoms with E-state index in [1.54, 1.807) is 11.8 Å². The maximum atomic E-state index is 5.98. The van der Waals surface area contributed by atoms with Crippen LogP contribution in [0.3, 0.4) is 0 Å². The molecule has 1 unspecified atom stereocenters. The Morgan fingerprint density at radius 3 is 2.45 bits per heavy atom. The molecule has 0 aliphatic carbocycles. The lowest BCUT2D eigenvalue weighted by Crippen LogP contribution is -2.21. The van der Waals surface area contributed by atoms with Gasteiger partial charge in [-0.1, -0.05) is 30.8 Å². The quantitative estimate of drug-likeness (QED) is 0.898. The highest BCUT2D eigenvalue weighted by molar-refractivity contribution is 7.99. The normalized spacial score (nSPS) is 12.4. The number of aryl methyl sites for hydroxylation is 2. The number of rotatable bonds is 5. The zero-order valence-corrected chi connectivity index (χ0v) is 13.2. The van der Waals surface area contributed by atoms with Crippen molar-refractivity contribution < 1.29 is 0 Å². The minimum atomic E-state index is 0.259. The smallest absolute Gasteiger partial charge is 0.101 e. The number of aromatic nitrogens is 1. The molecule has 106 valence electrons. The second-order valence-corrected chi connectivity index (χ2v) is 6.34. The average Bonchev–Trinajstić information content (AvgIpc) is 2.39. The van der Waals surface area contributed by atoms with Crippen LogP contribution in [-0.2, 0) is 6.42 Å². The summed E-state index contributed by atoms with van der Waals surface area (Å²) in [5, 5.41) is 1.06. The van der Waals surface area contributed by atoms with Gasteiger partial charge in [0.05, 0.1) is 0 Å². The Labute approximate surface area is 125 Å². The molecule has 20 heavy (non-hydrogen) atoms. The topological polar surface area (TPSA) is 38.9 Å². The van der Waals surface area contributed by atoms with E-state index < -0.39 is 0 Å². The second-order valence-electron chi connectivity index (χ2n) is 5.24. The predicted octanol–water partition coefficient (Wildman–Crippen LogP) is 4.13. The highest BCUT2D eigenvalue weighted by Gasteiger charge is 2.04. The van der Waals surface area contributed by atoms with E-state index in [0.29, 0.717) is 0 Å². The first-order chi connectivity index (χ1) is 9.56. The van der Waals surface area contributed by atoms with Crippen LogP contribution in [0, 0.1) is 13.8 Å². The van der Waals surface area contributed by atoms with E-state index in [4.69, 9.17) is 5.73 Å². The molecule has 0 fully saturated rings. The molecule has 0 spiro atoms. The summed E-state index contributed by atoms with van der Waals surface area (Å²) in [5.41, 5.74) is 9.61. The van der Waals surface area contributed by atoms with E-state index in [2.05, 4.69) is 55.2 Å². The summed E-state index contributed by atoms with van der Waals surface area (Å²) in [6.45, 7) is 6.26. The van der Waals surface area contributed by atoms with Crippen LogP contribution in [0.5, 0.6) is 0 Å². The first-order valence-electron chi connectivity index (χ1n) is 7.04. The zero-order chi connectivity index (χ0) is 14.5. The van der Waals surface area contributed by atoms with E-state index >= 15 is 0 Å². The van der Waals surface area contributed by atoms with Gasteiger partial charge in [0.25, 0.3) is 0 Å². The van der Waals surface area contributed by atoms with Gasteiger partial charge in [-0.2, -0.15) is 0 Å². The predicted molar refractivity (Wildman–Crippen MR) is 86.2 cm³/mol. The molecule has 0 saturated heterocycles. The summed E-state index contributed by atoms with van der Waals surface area (Å²) in [6.07, 6.45) is 1.96. The maximum absolute atomic E-state index is 5.98. The van der Waals surface area contributed by atoms with Gasteiger partial charge in [-0.05, 0) is 62.1 Å². The van der Waals surface area contributed by atoms with Crippen molar-refractivity contribution in [2.24, 2.45) is 5.73 Å². The molecular weight excluding hydrogens is 264 g/mol. The Bertz CT molecular complexity index is 543. The van der Waals surface area contributed by atoms with Gasteiger partial charge >= 0.3 is 0 Å². The number of nitrogens with two attached hydrogens (primary N) is 1. The molecule has 2 rings (SSSR count). The SMILES string of the molecule is CCC(N)Cc1ccc(Sc2cc(C)cc(C)n2)cc1. The Kier molecular flexibility index (Phi) is 5.21. The molecule has 1 heterocycles. The third-order valence-corrected chi connectivity index (χ3v) is 4.17. The van der Waals surface area contributed by atoms with Crippen molar-refractivity contribution in [1.82, 2.24) is 4.98 Å². The Hall–Kier alpha value is -1.32. The molecule has 3 heteroatoms.